The molecule has 1 aliphatic heterocycles. The first-order valence-electron chi connectivity index (χ1n) is 6.34. The highest BCUT2D eigenvalue weighted by Gasteiger charge is 2.22. The van der Waals surface area contributed by atoms with Crippen molar-refractivity contribution in [3.05, 3.63) is 28.3 Å². The van der Waals surface area contributed by atoms with Crippen molar-refractivity contribution in [2.24, 2.45) is 5.92 Å². The lowest BCUT2D eigenvalue weighted by atomic mass is 9.98. The summed E-state index contributed by atoms with van der Waals surface area (Å²) in [6, 6.07) is 4.90. The molecule has 0 aliphatic carbocycles. The van der Waals surface area contributed by atoms with Gasteiger partial charge in [-0.3, -0.25) is 10.1 Å². The molecule has 2 rings (SSSR count). The van der Waals surface area contributed by atoms with Gasteiger partial charge in [-0.2, -0.15) is 0 Å². The quantitative estimate of drug-likeness (QED) is 0.664. The van der Waals surface area contributed by atoms with Gasteiger partial charge in [-0.25, -0.2) is 0 Å². The van der Waals surface area contributed by atoms with Crippen LogP contribution in [-0.4, -0.2) is 36.8 Å². The summed E-state index contributed by atoms with van der Waals surface area (Å²) in [6.07, 6.45) is 2.04. The Labute approximate surface area is 111 Å². The van der Waals surface area contributed by atoms with Gasteiger partial charge in [0, 0.05) is 37.5 Å². The molecule has 0 radical (unpaired) electrons. The highest BCUT2D eigenvalue weighted by Crippen LogP contribution is 2.32. The van der Waals surface area contributed by atoms with E-state index in [4.69, 9.17) is 4.74 Å². The molecule has 0 amide bonds. The molecule has 104 valence electrons. The molecule has 6 nitrogen and oxygen atoms in total. The maximum atomic E-state index is 10.8. The Morgan fingerprint density at radius 3 is 3.00 bits per heavy atom. The topological polar surface area (TPSA) is 75.8 Å². The molecule has 1 aliphatic rings. The Morgan fingerprint density at radius 1 is 1.58 bits per heavy atom. The Morgan fingerprint density at radius 2 is 2.37 bits per heavy atom. The van der Waals surface area contributed by atoms with Gasteiger partial charge in [-0.15, -0.1) is 0 Å². The summed E-state index contributed by atoms with van der Waals surface area (Å²) >= 11 is 0. The number of methoxy groups -OCH3 is 1. The van der Waals surface area contributed by atoms with Crippen LogP contribution in [0.4, 0.5) is 11.4 Å². The molecule has 1 atom stereocenters. The molecule has 1 unspecified atom stereocenters. The standard InChI is InChI=1S/C13H18N2O4/c1-19-13-7-11(4-5-12(13)15(17)18)14-6-2-3-10(8-14)9-16/h4-5,7,10,16H,2-3,6,8-9H2,1H3. The number of nitrogens with zero attached hydrogens (tertiary/aromatic N) is 2. The molecule has 0 aromatic heterocycles. The van der Waals surface area contributed by atoms with E-state index in [1.807, 2.05) is 0 Å². The van der Waals surface area contributed by atoms with Crippen molar-refractivity contribution < 1.29 is 14.8 Å². The predicted octanol–water partition coefficient (Wildman–Crippen LogP) is 1.81. The first-order valence-corrected chi connectivity index (χ1v) is 6.34. The minimum Gasteiger partial charge on any atom is -0.490 e. The van der Waals surface area contributed by atoms with Crippen molar-refractivity contribution >= 4 is 11.4 Å². The zero-order chi connectivity index (χ0) is 13.8. The van der Waals surface area contributed by atoms with Gasteiger partial charge in [0.25, 0.3) is 0 Å². The summed E-state index contributed by atoms with van der Waals surface area (Å²) < 4.78 is 5.07. The fraction of sp³-hybridized carbons (Fsp3) is 0.538. The van der Waals surface area contributed by atoms with Crippen LogP contribution in [0.25, 0.3) is 0 Å². The third kappa shape index (κ3) is 2.96. The monoisotopic (exact) mass is 266 g/mol. The number of rotatable bonds is 4. The van der Waals surface area contributed by atoms with Gasteiger partial charge in [0.15, 0.2) is 5.75 Å². The van der Waals surface area contributed by atoms with Gasteiger partial charge >= 0.3 is 5.69 Å². The molecule has 0 saturated carbocycles. The van der Waals surface area contributed by atoms with Crippen molar-refractivity contribution in [2.45, 2.75) is 12.8 Å². The van der Waals surface area contributed by atoms with E-state index in [-0.39, 0.29) is 24.0 Å². The van der Waals surface area contributed by atoms with Gasteiger partial charge in [0.2, 0.25) is 0 Å². The molecule has 1 aromatic carbocycles. The number of hydrogen-bond donors (Lipinski definition) is 1. The summed E-state index contributed by atoms with van der Waals surface area (Å²) in [7, 11) is 1.43. The fourth-order valence-corrected chi connectivity index (χ4v) is 2.46. The largest absolute Gasteiger partial charge is 0.490 e. The van der Waals surface area contributed by atoms with E-state index in [1.165, 1.54) is 13.2 Å². The molecule has 1 heterocycles. The number of aliphatic hydroxyl groups is 1. The number of hydrogen-bond acceptors (Lipinski definition) is 5. The van der Waals surface area contributed by atoms with Crippen molar-refractivity contribution in [3.63, 3.8) is 0 Å². The van der Waals surface area contributed by atoms with Gasteiger partial charge in [0.05, 0.1) is 12.0 Å². The third-order valence-corrected chi connectivity index (χ3v) is 3.50. The SMILES string of the molecule is COc1cc(N2CCCC(CO)C2)ccc1[N+](=O)[O-]. The van der Waals surface area contributed by atoms with E-state index < -0.39 is 4.92 Å². The van der Waals surface area contributed by atoms with Crippen molar-refractivity contribution in [1.29, 1.82) is 0 Å². The molecular formula is C13H18N2O4. The number of ether oxygens (including phenoxy) is 1. The molecule has 0 spiro atoms. The minimum absolute atomic E-state index is 0.0260. The average molecular weight is 266 g/mol. The number of benzene rings is 1. The number of piperidine rings is 1. The maximum Gasteiger partial charge on any atom is 0.311 e. The second-order valence-electron chi connectivity index (χ2n) is 4.75. The van der Waals surface area contributed by atoms with E-state index in [0.717, 1.165) is 31.6 Å². The Kier molecular flexibility index (Phi) is 4.21. The normalized spacial score (nSPS) is 19.3. The molecule has 1 N–H and O–H groups in total. The zero-order valence-corrected chi connectivity index (χ0v) is 10.9. The molecule has 1 aromatic rings. The highest BCUT2D eigenvalue weighted by molar-refractivity contribution is 5.59. The summed E-state index contributed by atoms with van der Waals surface area (Å²) in [5.74, 6) is 0.545. The lowest BCUT2D eigenvalue weighted by molar-refractivity contribution is -0.385. The Bertz CT molecular complexity index is 464. The van der Waals surface area contributed by atoms with Gasteiger partial charge in [-0.1, -0.05) is 0 Å². The summed E-state index contributed by atoms with van der Waals surface area (Å²) in [5.41, 5.74) is 0.877. The number of aliphatic hydroxyl groups excluding tert-OH is 1. The third-order valence-electron chi connectivity index (χ3n) is 3.50. The lowest BCUT2D eigenvalue weighted by Gasteiger charge is -2.33. The van der Waals surface area contributed by atoms with E-state index in [9.17, 15) is 15.2 Å². The van der Waals surface area contributed by atoms with Crippen LogP contribution in [0, 0.1) is 16.0 Å². The van der Waals surface area contributed by atoms with E-state index >= 15 is 0 Å². The van der Waals surface area contributed by atoms with Crippen LogP contribution in [0.1, 0.15) is 12.8 Å². The zero-order valence-electron chi connectivity index (χ0n) is 10.9. The van der Waals surface area contributed by atoms with Crippen LogP contribution in [0.3, 0.4) is 0 Å². The van der Waals surface area contributed by atoms with Crippen molar-refractivity contribution in [2.75, 3.05) is 31.7 Å². The molecule has 0 bridgehead atoms. The number of nitro benzene ring substituents is 1. The Balaban J connectivity index is 2.23. The minimum atomic E-state index is -0.449. The van der Waals surface area contributed by atoms with Crippen LogP contribution in [0.15, 0.2) is 18.2 Å². The fourth-order valence-electron chi connectivity index (χ4n) is 2.46. The first-order chi connectivity index (χ1) is 9.15. The summed E-state index contributed by atoms with van der Waals surface area (Å²) in [5, 5.41) is 20.1. The van der Waals surface area contributed by atoms with Gasteiger partial charge in [-0.05, 0) is 24.8 Å². The van der Waals surface area contributed by atoms with Crippen molar-refractivity contribution in [3.8, 4) is 5.75 Å². The second kappa shape index (κ2) is 5.88. The molecule has 1 saturated heterocycles. The highest BCUT2D eigenvalue weighted by atomic mass is 16.6. The number of anilines is 1. The molecule has 1 fully saturated rings. The van der Waals surface area contributed by atoms with Gasteiger partial charge < -0.3 is 14.7 Å². The van der Waals surface area contributed by atoms with E-state index in [0.29, 0.717) is 0 Å². The summed E-state index contributed by atoms with van der Waals surface area (Å²) in [6.45, 7) is 1.86. The number of nitro groups is 1. The second-order valence-corrected chi connectivity index (χ2v) is 4.75. The van der Waals surface area contributed by atoms with Crippen LogP contribution in [0.2, 0.25) is 0 Å². The van der Waals surface area contributed by atoms with E-state index in [1.54, 1.807) is 12.1 Å². The van der Waals surface area contributed by atoms with Crippen LogP contribution in [-0.2, 0) is 0 Å². The van der Waals surface area contributed by atoms with Crippen LogP contribution in [0.5, 0.6) is 5.75 Å². The predicted molar refractivity (Wildman–Crippen MR) is 71.7 cm³/mol. The smallest absolute Gasteiger partial charge is 0.311 e. The van der Waals surface area contributed by atoms with Crippen molar-refractivity contribution in [1.82, 2.24) is 0 Å². The van der Waals surface area contributed by atoms with Crippen LogP contribution < -0.4 is 9.64 Å². The van der Waals surface area contributed by atoms with Gasteiger partial charge in [0.1, 0.15) is 0 Å². The average Bonchev–Trinajstić information content (AvgIpc) is 2.46. The molecule has 19 heavy (non-hydrogen) atoms. The first kappa shape index (κ1) is 13.6. The molecular weight excluding hydrogens is 248 g/mol. The Hall–Kier alpha value is -1.82. The van der Waals surface area contributed by atoms with E-state index in [2.05, 4.69) is 4.90 Å². The lowest BCUT2D eigenvalue weighted by Crippen LogP contribution is -2.36. The summed E-state index contributed by atoms with van der Waals surface area (Å²) in [4.78, 5) is 12.5. The maximum absolute atomic E-state index is 10.8. The molecule has 6 heteroatoms. The van der Waals surface area contributed by atoms with Crippen LogP contribution >= 0.6 is 0 Å².